The monoisotopic (exact) mass is 201 g/mol. The molecule has 0 aromatic carbocycles. The molecule has 0 bridgehead atoms. The number of carboxylic acids is 1. The number of carbonyl (C=O) groups is 2. The van der Waals surface area contributed by atoms with Crippen LogP contribution in [-0.2, 0) is 14.3 Å². The average molecular weight is 201 g/mol. The van der Waals surface area contributed by atoms with Gasteiger partial charge in [-0.05, 0) is 26.3 Å². The molecule has 5 heteroatoms. The number of hydrogen-bond donors (Lipinski definition) is 1. The maximum Gasteiger partial charge on any atom is 0.320 e. The molecule has 1 aliphatic heterocycles. The molecule has 0 amide bonds. The number of carbonyl (C=O) groups excluding carboxylic acids is 1. The van der Waals surface area contributed by atoms with Crippen molar-refractivity contribution in [2.24, 2.45) is 0 Å². The minimum atomic E-state index is -0.855. The molecule has 1 heterocycles. The van der Waals surface area contributed by atoms with E-state index < -0.39 is 12.0 Å². The third kappa shape index (κ3) is 2.70. The predicted molar refractivity (Wildman–Crippen MR) is 48.9 cm³/mol. The number of rotatable bonds is 4. The number of ether oxygens (including phenoxy) is 1. The van der Waals surface area contributed by atoms with Gasteiger partial charge in [0.15, 0.2) is 0 Å². The van der Waals surface area contributed by atoms with Crippen molar-refractivity contribution in [1.82, 2.24) is 4.90 Å². The van der Waals surface area contributed by atoms with Gasteiger partial charge in [-0.1, -0.05) is 0 Å². The van der Waals surface area contributed by atoms with Crippen LogP contribution in [0.2, 0.25) is 0 Å². The van der Waals surface area contributed by atoms with E-state index in [0.717, 1.165) is 6.42 Å². The summed E-state index contributed by atoms with van der Waals surface area (Å²) in [6, 6.07) is -0.514. The number of aliphatic carboxylic acids is 1. The zero-order valence-electron chi connectivity index (χ0n) is 8.23. The van der Waals surface area contributed by atoms with Gasteiger partial charge in [-0.3, -0.25) is 14.5 Å². The van der Waals surface area contributed by atoms with E-state index in [2.05, 4.69) is 0 Å². The van der Waals surface area contributed by atoms with Crippen LogP contribution in [-0.4, -0.2) is 47.7 Å². The summed E-state index contributed by atoms with van der Waals surface area (Å²) in [6.07, 6.45) is 1.45. The van der Waals surface area contributed by atoms with Crippen LogP contribution >= 0.6 is 0 Å². The molecule has 0 aromatic heterocycles. The fraction of sp³-hybridized carbons (Fsp3) is 0.778. The summed E-state index contributed by atoms with van der Waals surface area (Å²) in [5.74, 6) is -1.20. The first kappa shape index (κ1) is 11.0. The fourth-order valence-corrected chi connectivity index (χ4v) is 1.67. The second-order valence-electron chi connectivity index (χ2n) is 3.27. The highest BCUT2D eigenvalue weighted by Gasteiger charge is 2.31. The summed E-state index contributed by atoms with van der Waals surface area (Å²) in [4.78, 5) is 23.5. The smallest absolute Gasteiger partial charge is 0.320 e. The molecule has 80 valence electrons. The molecular weight excluding hydrogens is 186 g/mol. The molecule has 0 aliphatic carbocycles. The van der Waals surface area contributed by atoms with Crippen LogP contribution in [0.1, 0.15) is 19.8 Å². The van der Waals surface area contributed by atoms with Crippen molar-refractivity contribution in [3.8, 4) is 0 Å². The average Bonchev–Trinajstić information content (AvgIpc) is 2.52. The second-order valence-corrected chi connectivity index (χ2v) is 3.27. The quantitative estimate of drug-likeness (QED) is 0.653. The van der Waals surface area contributed by atoms with Crippen LogP contribution < -0.4 is 0 Å². The summed E-state index contributed by atoms with van der Waals surface area (Å²) in [5.41, 5.74) is 0. The standard InChI is InChI=1S/C9H15NO4/c1-2-14-8(11)6-10-5-3-4-7(10)9(12)13/h7H,2-6H2,1H3,(H,12,13)/t7-/m0/s1. The van der Waals surface area contributed by atoms with Crippen LogP contribution in [0.25, 0.3) is 0 Å². The van der Waals surface area contributed by atoms with Crippen molar-refractivity contribution >= 4 is 11.9 Å². The Morgan fingerprint density at radius 1 is 1.57 bits per heavy atom. The molecule has 0 aromatic rings. The molecule has 1 atom stereocenters. The van der Waals surface area contributed by atoms with E-state index in [1.165, 1.54) is 0 Å². The highest BCUT2D eigenvalue weighted by Crippen LogP contribution is 2.16. The van der Waals surface area contributed by atoms with E-state index in [-0.39, 0.29) is 12.5 Å². The largest absolute Gasteiger partial charge is 0.480 e. The number of likely N-dealkylation sites (tertiary alicyclic amines) is 1. The van der Waals surface area contributed by atoms with E-state index in [4.69, 9.17) is 9.84 Å². The van der Waals surface area contributed by atoms with Crippen LogP contribution in [0, 0.1) is 0 Å². The lowest BCUT2D eigenvalue weighted by Gasteiger charge is -2.19. The first-order chi connectivity index (χ1) is 6.65. The minimum Gasteiger partial charge on any atom is -0.480 e. The zero-order chi connectivity index (χ0) is 10.6. The number of hydrogen-bond acceptors (Lipinski definition) is 4. The van der Waals surface area contributed by atoms with E-state index in [1.807, 2.05) is 0 Å². The molecule has 14 heavy (non-hydrogen) atoms. The minimum absolute atomic E-state index is 0.0881. The lowest BCUT2D eigenvalue weighted by Crippen LogP contribution is -2.39. The van der Waals surface area contributed by atoms with E-state index in [0.29, 0.717) is 19.6 Å². The first-order valence-corrected chi connectivity index (χ1v) is 4.77. The molecule has 5 nitrogen and oxygen atoms in total. The number of esters is 1. The topological polar surface area (TPSA) is 66.8 Å². The van der Waals surface area contributed by atoms with Gasteiger partial charge in [0.2, 0.25) is 0 Å². The van der Waals surface area contributed by atoms with Crippen LogP contribution in [0.4, 0.5) is 0 Å². The fourth-order valence-electron chi connectivity index (χ4n) is 1.67. The van der Waals surface area contributed by atoms with Gasteiger partial charge in [0.1, 0.15) is 6.04 Å². The molecule has 1 aliphatic rings. The van der Waals surface area contributed by atoms with Crippen molar-refractivity contribution in [2.75, 3.05) is 19.7 Å². The first-order valence-electron chi connectivity index (χ1n) is 4.77. The number of carboxylic acid groups (broad SMARTS) is 1. The van der Waals surface area contributed by atoms with Gasteiger partial charge >= 0.3 is 11.9 Å². The van der Waals surface area contributed by atoms with Crippen LogP contribution in [0.5, 0.6) is 0 Å². The molecule has 1 fully saturated rings. The second kappa shape index (κ2) is 4.95. The van der Waals surface area contributed by atoms with E-state index in [1.54, 1.807) is 11.8 Å². The van der Waals surface area contributed by atoms with Gasteiger partial charge in [0.05, 0.1) is 13.2 Å². The zero-order valence-corrected chi connectivity index (χ0v) is 8.23. The Morgan fingerprint density at radius 3 is 2.86 bits per heavy atom. The molecule has 1 saturated heterocycles. The molecule has 0 unspecified atom stereocenters. The Morgan fingerprint density at radius 2 is 2.29 bits per heavy atom. The highest BCUT2D eigenvalue weighted by molar-refractivity contribution is 5.76. The van der Waals surface area contributed by atoms with Crippen molar-refractivity contribution in [3.05, 3.63) is 0 Å². The maximum absolute atomic E-state index is 11.1. The molecule has 1 rings (SSSR count). The molecule has 0 spiro atoms. The summed E-state index contributed by atoms with van der Waals surface area (Å²) >= 11 is 0. The van der Waals surface area contributed by atoms with Crippen molar-refractivity contribution in [3.63, 3.8) is 0 Å². The van der Waals surface area contributed by atoms with E-state index >= 15 is 0 Å². The molecule has 0 radical (unpaired) electrons. The van der Waals surface area contributed by atoms with Crippen LogP contribution in [0.15, 0.2) is 0 Å². The summed E-state index contributed by atoms with van der Waals surface area (Å²) in [7, 11) is 0. The van der Waals surface area contributed by atoms with Gasteiger partial charge in [-0.25, -0.2) is 0 Å². The molecular formula is C9H15NO4. The Bertz CT molecular complexity index is 229. The van der Waals surface area contributed by atoms with Crippen molar-refractivity contribution < 1.29 is 19.4 Å². The van der Waals surface area contributed by atoms with E-state index in [9.17, 15) is 9.59 Å². The Hall–Kier alpha value is -1.10. The Labute approximate surface area is 82.6 Å². The van der Waals surface area contributed by atoms with Crippen molar-refractivity contribution in [1.29, 1.82) is 0 Å². The van der Waals surface area contributed by atoms with Gasteiger partial charge < -0.3 is 9.84 Å². The van der Waals surface area contributed by atoms with Crippen molar-refractivity contribution in [2.45, 2.75) is 25.8 Å². The summed E-state index contributed by atoms with van der Waals surface area (Å²) in [6.45, 7) is 2.82. The highest BCUT2D eigenvalue weighted by atomic mass is 16.5. The lowest BCUT2D eigenvalue weighted by molar-refractivity contribution is -0.147. The third-order valence-corrected chi connectivity index (χ3v) is 2.29. The summed E-state index contributed by atoms with van der Waals surface area (Å²) < 4.78 is 4.76. The summed E-state index contributed by atoms with van der Waals surface area (Å²) in [5, 5.41) is 8.83. The normalized spacial score (nSPS) is 22.2. The maximum atomic E-state index is 11.1. The Kier molecular flexibility index (Phi) is 3.88. The van der Waals surface area contributed by atoms with Gasteiger partial charge in [-0.15, -0.1) is 0 Å². The Balaban J connectivity index is 2.43. The SMILES string of the molecule is CCOC(=O)CN1CCC[C@H]1C(=O)O. The molecule has 0 saturated carbocycles. The van der Waals surface area contributed by atoms with Gasteiger partial charge in [0.25, 0.3) is 0 Å². The number of nitrogens with zero attached hydrogens (tertiary/aromatic N) is 1. The lowest BCUT2D eigenvalue weighted by atomic mass is 10.2. The van der Waals surface area contributed by atoms with Crippen LogP contribution in [0.3, 0.4) is 0 Å². The van der Waals surface area contributed by atoms with Gasteiger partial charge in [0, 0.05) is 0 Å². The third-order valence-electron chi connectivity index (χ3n) is 2.29. The van der Waals surface area contributed by atoms with Gasteiger partial charge in [-0.2, -0.15) is 0 Å². The predicted octanol–water partition coefficient (Wildman–Crippen LogP) is 0.0985. The molecule has 1 N–H and O–H groups in total.